The second-order valence-electron chi connectivity index (χ2n) is 22.4. The van der Waals surface area contributed by atoms with Crippen LogP contribution in [-0.2, 0) is 9.59 Å². The molecule has 4 aliphatic heterocycles. The Balaban J connectivity index is 0.715. The van der Waals surface area contributed by atoms with Gasteiger partial charge in [-0.2, -0.15) is 15.2 Å². The van der Waals surface area contributed by atoms with E-state index in [0.717, 1.165) is 71.2 Å². The smallest absolute Gasteiger partial charge is 0.319 e. The number of thiazole rings is 1. The molecular formula is C59H66ClFN10O6S. The first-order valence-corrected chi connectivity index (χ1v) is 28.5. The highest BCUT2D eigenvalue weighted by Crippen LogP contribution is 2.44. The number of aryl methyl sites for hydroxylation is 1. The number of nitrogens with one attached hydrogen (secondary N) is 1. The third kappa shape index (κ3) is 10.8. The Bertz CT molecular complexity index is 3390. The summed E-state index contributed by atoms with van der Waals surface area (Å²) >= 11 is 8.58. The molecule has 4 fully saturated rings. The highest BCUT2D eigenvalue weighted by molar-refractivity contribution is 7.13. The van der Waals surface area contributed by atoms with Gasteiger partial charge in [0.25, 0.3) is 0 Å². The summed E-state index contributed by atoms with van der Waals surface area (Å²) < 4.78 is 29.4. The van der Waals surface area contributed by atoms with Gasteiger partial charge in [0.2, 0.25) is 5.91 Å². The lowest BCUT2D eigenvalue weighted by atomic mass is 9.72. The molecule has 16 nitrogen and oxygen atoms in total. The monoisotopic (exact) mass is 1100 g/mol. The van der Waals surface area contributed by atoms with Gasteiger partial charge in [-0.25, -0.2) is 9.37 Å². The molecule has 5 aliphatic rings. The molecule has 11 rings (SSSR count). The topological polar surface area (TPSA) is 197 Å². The molecule has 0 unspecified atom stereocenters. The maximum atomic E-state index is 17.2. The van der Waals surface area contributed by atoms with Crippen LogP contribution in [0.2, 0.25) is 5.02 Å². The summed E-state index contributed by atoms with van der Waals surface area (Å²) in [4.78, 5) is 51.7. The SMILES string of the molecule is Cc1ncsc1-c1ccc([C@H](C)CC(=O)[C@@H]2C[C@@H](O)CN2C(=O)[C@@H](c2cc(N3CC4(CCN(CCOc5nc(N6CCN[C@@H](CC#N)C6)c6cc(Cl)c(C7=c8ccccc8=C[C@@H](O)C7)c(F)c6n5)CC4)C3)no2)C(C)C)cc1. The number of β-amino-alcohol motifs (C(OH)–C–C–N with tert-alkyl or cyclic N) is 1. The summed E-state index contributed by atoms with van der Waals surface area (Å²) in [5, 5.41) is 41.3. The van der Waals surface area contributed by atoms with Crippen molar-refractivity contribution < 1.29 is 33.5 Å². The predicted molar refractivity (Wildman–Crippen MR) is 298 cm³/mol. The number of carbonyl (C=O) groups excluding carboxylic acids is 2. The number of benzene rings is 3. The average molecular weight is 1100 g/mol. The van der Waals surface area contributed by atoms with E-state index in [0.29, 0.717) is 61.0 Å². The molecule has 6 aromatic rings. The van der Waals surface area contributed by atoms with Crippen LogP contribution in [0.25, 0.3) is 33.0 Å². The first-order chi connectivity index (χ1) is 37.6. The lowest BCUT2D eigenvalue weighted by Gasteiger charge is -2.54. The van der Waals surface area contributed by atoms with E-state index in [-0.39, 0.29) is 89.5 Å². The van der Waals surface area contributed by atoms with Gasteiger partial charge in [-0.3, -0.25) is 14.5 Å². The fourth-order valence-corrected chi connectivity index (χ4v) is 13.6. The number of amides is 1. The van der Waals surface area contributed by atoms with Crippen molar-refractivity contribution >= 4 is 68.8 Å². The first-order valence-electron chi connectivity index (χ1n) is 27.3. The third-order valence-corrected chi connectivity index (χ3v) is 18.0. The molecule has 3 aromatic heterocycles. The summed E-state index contributed by atoms with van der Waals surface area (Å²) in [6.07, 6.45) is 3.05. The van der Waals surface area contributed by atoms with Gasteiger partial charge < -0.3 is 39.5 Å². The molecule has 0 saturated carbocycles. The number of ether oxygens (including phenoxy) is 1. The Morgan fingerprint density at radius 3 is 2.56 bits per heavy atom. The molecule has 408 valence electrons. The quantitative estimate of drug-likeness (QED) is 0.0923. The fraction of sp³-hybridized carbons (Fsp3) is 0.475. The molecule has 1 aliphatic carbocycles. The molecule has 4 saturated heterocycles. The lowest BCUT2D eigenvalue weighted by molar-refractivity contribution is -0.140. The Morgan fingerprint density at radius 1 is 1.04 bits per heavy atom. The average Bonchev–Trinajstić information content (AvgIpc) is 4.23. The van der Waals surface area contributed by atoms with E-state index in [4.69, 9.17) is 25.8 Å². The summed E-state index contributed by atoms with van der Waals surface area (Å²) in [5.41, 5.74) is 5.94. The number of hydrogen-bond donors (Lipinski definition) is 3. The summed E-state index contributed by atoms with van der Waals surface area (Å²) in [6, 6.07) is 20.9. The Hall–Kier alpha value is -6.33. The van der Waals surface area contributed by atoms with Crippen molar-refractivity contribution in [3.63, 3.8) is 0 Å². The van der Waals surface area contributed by atoms with Gasteiger partial charge in [0.1, 0.15) is 23.9 Å². The van der Waals surface area contributed by atoms with Crippen LogP contribution in [0.5, 0.6) is 6.01 Å². The zero-order chi connectivity index (χ0) is 54.4. The number of ketones is 1. The standard InChI is InChI=1S/C59H66ClFN10O6S/c1-34(2)51(57(75)71-30-42(73)26-47(71)48(74)23-35(3)37-9-11-38(12-10-37)55-36(4)64-33-78-55)49-28-50(67-77-49)70-31-59(32-70)14-18-68(19-15-59)21-22-76-58-65-54-45(56(66-58)69-20-17-63-40(29-69)13-16-62)27-46(60)52(53(54)61)44-25-41(72)24-39-7-5-6-8-43(39)44/h5-12,24,27-28,33-35,40-42,47,51,63,72-73H,13-15,17-23,25-26,29-32H2,1-4H3/t35-,40+,41-,42-,47+,51-/m1/s1. The molecule has 1 spiro atoms. The van der Waals surface area contributed by atoms with Crippen LogP contribution in [0.3, 0.4) is 0 Å². The van der Waals surface area contributed by atoms with Crippen molar-refractivity contribution in [1.29, 1.82) is 5.26 Å². The predicted octanol–water partition coefficient (Wildman–Crippen LogP) is 6.72. The van der Waals surface area contributed by atoms with Gasteiger partial charge in [0.15, 0.2) is 23.2 Å². The van der Waals surface area contributed by atoms with Crippen LogP contribution in [-0.4, -0.2) is 142 Å². The van der Waals surface area contributed by atoms with Crippen molar-refractivity contribution in [2.75, 3.05) is 75.3 Å². The van der Waals surface area contributed by atoms with E-state index in [1.807, 2.05) is 68.4 Å². The maximum absolute atomic E-state index is 17.2. The maximum Gasteiger partial charge on any atom is 0.319 e. The number of carbonyl (C=O) groups is 2. The number of fused-ring (bicyclic) bond motifs is 2. The number of nitriles is 1. The number of piperazine rings is 1. The van der Waals surface area contributed by atoms with E-state index in [9.17, 15) is 25.1 Å². The van der Waals surface area contributed by atoms with Gasteiger partial charge in [-0.1, -0.05) is 86.1 Å². The van der Waals surface area contributed by atoms with Gasteiger partial charge in [-0.05, 0) is 84.0 Å². The number of likely N-dealkylation sites (tertiary alicyclic amines) is 2. The highest BCUT2D eigenvalue weighted by Gasteiger charge is 2.47. The summed E-state index contributed by atoms with van der Waals surface area (Å²) in [6.45, 7) is 13.9. The van der Waals surface area contributed by atoms with E-state index in [1.165, 1.54) is 0 Å². The summed E-state index contributed by atoms with van der Waals surface area (Å²) in [5.74, 6) is -0.180. The van der Waals surface area contributed by atoms with Crippen molar-refractivity contribution in [3.8, 4) is 22.5 Å². The molecule has 7 heterocycles. The van der Waals surface area contributed by atoms with Crippen molar-refractivity contribution in [2.24, 2.45) is 11.3 Å². The van der Waals surface area contributed by atoms with Gasteiger partial charge >= 0.3 is 6.01 Å². The summed E-state index contributed by atoms with van der Waals surface area (Å²) in [7, 11) is 0. The third-order valence-electron chi connectivity index (χ3n) is 16.7. The number of aromatic nitrogens is 4. The van der Waals surface area contributed by atoms with Gasteiger partial charge in [0.05, 0.1) is 51.8 Å². The second kappa shape index (κ2) is 22.4. The van der Waals surface area contributed by atoms with Crippen molar-refractivity contribution in [2.45, 2.75) is 102 Å². The zero-order valence-electron chi connectivity index (χ0n) is 44.5. The lowest BCUT2D eigenvalue weighted by Crippen LogP contribution is -2.60. The normalized spacial score (nSPS) is 22.1. The van der Waals surface area contributed by atoms with Crippen LogP contribution in [0, 0.1) is 35.4 Å². The minimum absolute atomic E-state index is 0.0520. The first kappa shape index (κ1) is 53.7. The Kier molecular flexibility index (Phi) is 15.4. The van der Waals surface area contributed by atoms with Crippen molar-refractivity contribution in [3.05, 3.63) is 110 Å². The molecule has 6 atom stereocenters. The second-order valence-corrected chi connectivity index (χ2v) is 23.7. The zero-order valence-corrected chi connectivity index (χ0v) is 46.1. The molecule has 78 heavy (non-hydrogen) atoms. The number of nitrogens with zero attached hydrogens (tertiary/aromatic N) is 9. The molecule has 3 aromatic carbocycles. The number of hydrogen-bond acceptors (Lipinski definition) is 16. The van der Waals surface area contributed by atoms with Gasteiger partial charge in [0, 0.05) is 93.5 Å². The largest absolute Gasteiger partial charge is 0.462 e. The van der Waals surface area contributed by atoms with Crippen LogP contribution < -0.4 is 30.3 Å². The van der Waals surface area contributed by atoms with Crippen LogP contribution in [0.1, 0.15) is 93.7 Å². The van der Waals surface area contributed by atoms with Crippen molar-refractivity contribution in [1.82, 2.24) is 35.2 Å². The number of halogens is 2. The minimum Gasteiger partial charge on any atom is -0.462 e. The Labute approximate surface area is 462 Å². The number of anilines is 2. The number of aliphatic hydroxyl groups is 2. The number of piperidine rings is 1. The van der Waals surface area contributed by atoms with Gasteiger partial charge in [-0.15, -0.1) is 11.3 Å². The van der Waals surface area contributed by atoms with Crippen LogP contribution >= 0.6 is 22.9 Å². The molecular weight excluding hydrogens is 1030 g/mol. The number of rotatable bonds is 16. The molecule has 0 radical (unpaired) electrons. The Morgan fingerprint density at radius 2 is 1.82 bits per heavy atom. The van der Waals surface area contributed by atoms with E-state index >= 15 is 4.39 Å². The van der Waals surface area contributed by atoms with E-state index < -0.39 is 30.0 Å². The van der Waals surface area contributed by atoms with Crippen LogP contribution in [0.4, 0.5) is 16.0 Å². The number of Topliss-reactive ketones (excluding diaryl/α,β-unsaturated/α-hetero) is 1. The van der Waals surface area contributed by atoms with E-state index in [2.05, 4.69) is 60.6 Å². The highest BCUT2D eigenvalue weighted by atomic mass is 35.5. The minimum atomic E-state index is -0.808. The molecule has 1 amide bonds. The van der Waals surface area contributed by atoms with E-state index in [1.54, 1.807) is 28.4 Å². The van der Waals surface area contributed by atoms with Crippen LogP contribution in [0.15, 0.2) is 70.7 Å². The fourth-order valence-electron chi connectivity index (χ4n) is 12.5. The molecule has 0 bridgehead atoms. The molecule has 3 N–H and O–H groups in total. The number of aliphatic hydroxyl groups excluding tert-OH is 2. The molecule has 19 heteroatoms.